The molecule has 2 aliphatic rings. The average molecular weight is 312 g/mol. The maximum absolute atomic E-state index is 12.6. The van der Waals surface area contributed by atoms with Gasteiger partial charge in [0.15, 0.2) is 0 Å². The smallest absolute Gasteiger partial charge is 0.408 e. The predicted octanol–water partition coefficient (Wildman–Crippen LogP) is 1.21. The number of carbonyl (C=O) groups is 3. The molecule has 0 aromatic heterocycles. The third-order valence-corrected chi connectivity index (χ3v) is 4.01. The lowest BCUT2D eigenvalue weighted by Crippen LogP contribution is -2.58. The van der Waals surface area contributed by atoms with Gasteiger partial charge in [-0.3, -0.25) is 4.79 Å². The first kappa shape index (κ1) is 16.6. The molecule has 124 valence electrons. The first-order valence-electron chi connectivity index (χ1n) is 7.62. The summed E-state index contributed by atoms with van der Waals surface area (Å²) in [4.78, 5) is 37.8. The summed E-state index contributed by atoms with van der Waals surface area (Å²) in [6, 6.07) is -1.12. The molecule has 22 heavy (non-hydrogen) atoms. The summed E-state index contributed by atoms with van der Waals surface area (Å²) in [5.74, 6) is -0.622. The van der Waals surface area contributed by atoms with Crippen molar-refractivity contribution in [2.75, 3.05) is 7.11 Å². The molecule has 2 saturated heterocycles. The molecule has 2 fully saturated rings. The second-order valence-corrected chi connectivity index (χ2v) is 6.79. The van der Waals surface area contributed by atoms with E-state index in [0.717, 1.165) is 12.8 Å². The number of rotatable bonds is 2. The summed E-state index contributed by atoms with van der Waals surface area (Å²) < 4.78 is 9.95. The molecule has 2 aliphatic heterocycles. The van der Waals surface area contributed by atoms with Crippen molar-refractivity contribution in [2.24, 2.45) is 0 Å². The number of amides is 2. The van der Waals surface area contributed by atoms with Gasteiger partial charge in [0.2, 0.25) is 5.91 Å². The van der Waals surface area contributed by atoms with Gasteiger partial charge in [-0.25, -0.2) is 9.59 Å². The average Bonchev–Trinajstić information content (AvgIpc) is 2.83. The Labute approximate surface area is 130 Å². The number of esters is 1. The van der Waals surface area contributed by atoms with Crippen molar-refractivity contribution < 1.29 is 23.9 Å². The fourth-order valence-corrected chi connectivity index (χ4v) is 3.11. The summed E-state index contributed by atoms with van der Waals surface area (Å²) in [5.41, 5.74) is -0.619. The van der Waals surface area contributed by atoms with E-state index in [-0.39, 0.29) is 11.9 Å². The topological polar surface area (TPSA) is 84.9 Å². The minimum atomic E-state index is -0.642. The van der Waals surface area contributed by atoms with Crippen LogP contribution in [0.15, 0.2) is 0 Å². The number of hydrogen-bond acceptors (Lipinski definition) is 5. The molecule has 7 heteroatoms. The fraction of sp³-hybridized carbons (Fsp3) is 0.800. The van der Waals surface area contributed by atoms with Crippen molar-refractivity contribution in [1.82, 2.24) is 10.2 Å². The predicted molar refractivity (Wildman–Crippen MR) is 78.1 cm³/mol. The van der Waals surface area contributed by atoms with Crippen LogP contribution in [0.3, 0.4) is 0 Å². The van der Waals surface area contributed by atoms with Crippen LogP contribution in [-0.4, -0.2) is 53.7 Å². The second kappa shape index (κ2) is 6.14. The minimum Gasteiger partial charge on any atom is -0.467 e. The Bertz CT molecular complexity index is 471. The molecule has 0 aromatic carbocycles. The third kappa shape index (κ3) is 3.51. The molecule has 2 heterocycles. The van der Waals surface area contributed by atoms with Crippen LogP contribution >= 0.6 is 0 Å². The number of fused-ring (bicyclic) bond motifs is 1. The fourth-order valence-electron chi connectivity index (χ4n) is 3.11. The Morgan fingerprint density at radius 2 is 1.82 bits per heavy atom. The first-order chi connectivity index (χ1) is 10.2. The van der Waals surface area contributed by atoms with E-state index in [2.05, 4.69) is 5.32 Å². The highest BCUT2D eigenvalue weighted by molar-refractivity contribution is 5.91. The molecule has 0 unspecified atom stereocenters. The number of ether oxygens (including phenoxy) is 2. The van der Waals surface area contributed by atoms with Gasteiger partial charge in [0.1, 0.15) is 17.7 Å². The lowest BCUT2D eigenvalue weighted by atomic mass is 9.98. The standard InChI is InChI=1S/C15H24N2O5/c1-15(2,3)22-14(20)16-10-7-5-9-6-8-11(13(19)21-4)17(9)12(10)18/h9-11H,5-8H2,1-4H3,(H,16,20)/t9-,10+,11+/m1/s1. The van der Waals surface area contributed by atoms with Gasteiger partial charge in [0.25, 0.3) is 0 Å². The van der Waals surface area contributed by atoms with Gasteiger partial charge in [-0.2, -0.15) is 0 Å². The first-order valence-corrected chi connectivity index (χ1v) is 7.62. The maximum Gasteiger partial charge on any atom is 0.408 e. The number of piperidine rings is 1. The molecule has 0 radical (unpaired) electrons. The van der Waals surface area contributed by atoms with Crippen LogP contribution in [0.5, 0.6) is 0 Å². The monoisotopic (exact) mass is 312 g/mol. The molecule has 2 amide bonds. The maximum atomic E-state index is 12.6. The third-order valence-electron chi connectivity index (χ3n) is 4.01. The number of alkyl carbamates (subject to hydrolysis) is 1. The summed E-state index contributed by atoms with van der Waals surface area (Å²) in [6.07, 6.45) is 2.12. The van der Waals surface area contributed by atoms with Crippen LogP contribution in [-0.2, 0) is 19.1 Å². The van der Waals surface area contributed by atoms with E-state index in [1.165, 1.54) is 7.11 Å². The van der Waals surface area contributed by atoms with E-state index >= 15 is 0 Å². The Morgan fingerprint density at radius 1 is 1.18 bits per heavy atom. The van der Waals surface area contributed by atoms with Crippen LogP contribution in [0.4, 0.5) is 4.79 Å². The van der Waals surface area contributed by atoms with Crippen molar-refractivity contribution in [3.05, 3.63) is 0 Å². The molecule has 0 spiro atoms. The zero-order valence-corrected chi connectivity index (χ0v) is 13.5. The highest BCUT2D eigenvalue weighted by Crippen LogP contribution is 2.33. The van der Waals surface area contributed by atoms with Gasteiger partial charge >= 0.3 is 12.1 Å². The zero-order chi connectivity index (χ0) is 16.5. The van der Waals surface area contributed by atoms with E-state index < -0.39 is 29.7 Å². The van der Waals surface area contributed by atoms with Crippen molar-refractivity contribution >= 4 is 18.0 Å². The van der Waals surface area contributed by atoms with Gasteiger partial charge in [0, 0.05) is 6.04 Å². The van der Waals surface area contributed by atoms with Crippen molar-refractivity contribution in [3.63, 3.8) is 0 Å². The molecular formula is C15H24N2O5. The largest absolute Gasteiger partial charge is 0.467 e. The normalized spacial score (nSPS) is 28.1. The summed E-state index contributed by atoms with van der Waals surface area (Å²) in [5, 5.41) is 2.61. The Morgan fingerprint density at radius 3 is 2.41 bits per heavy atom. The van der Waals surface area contributed by atoms with E-state index in [0.29, 0.717) is 12.8 Å². The van der Waals surface area contributed by atoms with Crippen LogP contribution in [0.25, 0.3) is 0 Å². The highest BCUT2D eigenvalue weighted by Gasteiger charge is 2.47. The van der Waals surface area contributed by atoms with Crippen molar-refractivity contribution in [3.8, 4) is 0 Å². The van der Waals surface area contributed by atoms with Crippen molar-refractivity contribution in [1.29, 1.82) is 0 Å². The number of carbonyl (C=O) groups excluding carboxylic acids is 3. The minimum absolute atomic E-state index is 0.0632. The van der Waals surface area contributed by atoms with Crippen LogP contribution in [0.2, 0.25) is 0 Å². The van der Waals surface area contributed by atoms with Crippen LogP contribution in [0, 0.1) is 0 Å². The van der Waals surface area contributed by atoms with Gasteiger partial charge < -0.3 is 19.7 Å². The van der Waals surface area contributed by atoms with Gasteiger partial charge in [-0.05, 0) is 46.5 Å². The number of hydrogen-bond donors (Lipinski definition) is 1. The SMILES string of the molecule is COC(=O)[C@@H]1CC[C@H]2CC[C@H](NC(=O)OC(C)(C)C)C(=O)N21. The molecular weight excluding hydrogens is 288 g/mol. The Hall–Kier alpha value is -1.79. The number of nitrogens with zero attached hydrogens (tertiary/aromatic N) is 1. The number of nitrogens with one attached hydrogen (secondary N) is 1. The second-order valence-electron chi connectivity index (χ2n) is 6.79. The van der Waals surface area contributed by atoms with E-state index in [9.17, 15) is 14.4 Å². The van der Waals surface area contributed by atoms with E-state index in [1.807, 2.05) is 0 Å². The van der Waals surface area contributed by atoms with Crippen molar-refractivity contribution in [2.45, 2.75) is 70.2 Å². The summed E-state index contributed by atoms with van der Waals surface area (Å²) >= 11 is 0. The molecule has 0 saturated carbocycles. The summed E-state index contributed by atoms with van der Waals surface area (Å²) in [7, 11) is 1.32. The number of methoxy groups -OCH3 is 1. The molecule has 7 nitrogen and oxygen atoms in total. The molecule has 2 rings (SSSR count). The Balaban J connectivity index is 2.03. The van der Waals surface area contributed by atoms with Gasteiger partial charge in [-0.15, -0.1) is 0 Å². The lowest BCUT2D eigenvalue weighted by Gasteiger charge is -2.37. The molecule has 0 aliphatic carbocycles. The quantitative estimate of drug-likeness (QED) is 0.775. The lowest BCUT2D eigenvalue weighted by molar-refractivity contribution is -0.154. The Kier molecular flexibility index (Phi) is 4.63. The molecule has 3 atom stereocenters. The molecule has 0 aromatic rings. The molecule has 1 N–H and O–H groups in total. The van der Waals surface area contributed by atoms with Crippen LogP contribution in [0.1, 0.15) is 46.5 Å². The van der Waals surface area contributed by atoms with Crippen LogP contribution < -0.4 is 5.32 Å². The summed E-state index contributed by atoms with van der Waals surface area (Å²) in [6.45, 7) is 5.29. The molecule has 0 bridgehead atoms. The van der Waals surface area contributed by atoms with Gasteiger partial charge in [0.05, 0.1) is 7.11 Å². The van der Waals surface area contributed by atoms with E-state index in [4.69, 9.17) is 9.47 Å². The highest BCUT2D eigenvalue weighted by atomic mass is 16.6. The van der Waals surface area contributed by atoms with Gasteiger partial charge in [-0.1, -0.05) is 0 Å². The van der Waals surface area contributed by atoms with E-state index in [1.54, 1.807) is 25.7 Å². The zero-order valence-electron chi connectivity index (χ0n) is 13.5.